The number of methoxy groups -OCH3 is 1. The summed E-state index contributed by atoms with van der Waals surface area (Å²) in [6, 6.07) is 27.4. The van der Waals surface area contributed by atoms with E-state index in [9.17, 15) is 4.79 Å². The van der Waals surface area contributed by atoms with Crippen LogP contribution in [0.25, 0.3) is 23.2 Å². The molecule has 7 nitrogen and oxygen atoms in total. The van der Waals surface area contributed by atoms with Gasteiger partial charge in [-0.1, -0.05) is 66.4 Å². The van der Waals surface area contributed by atoms with Crippen LogP contribution in [0.1, 0.15) is 12.5 Å². The number of carbonyl (C=O) groups excluding carboxylic acids is 1. The van der Waals surface area contributed by atoms with Crippen molar-refractivity contribution < 1.29 is 9.53 Å². The molecule has 0 aliphatic heterocycles. The van der Waals surface area contributed by atoms with Gasteiger partial charge in [0.05, 0.1) is 19.1 Å². The maximum absolute atomic E-state index is 12.4. The molecule has 0 saturated heterocycles. The highest BCUT2D eigenvalue weighted by atomic mass is 32.2. The Hall–Kier alpha value is -4.17. The molecule has 1 heterocycles. The lowest BCUT2D eigenvalue weighted by molar-refractivity contribution is -0.118. The molecule has 0 aliphatic carbocycles. The van der Waals surface area contributed by atoms with Crippen LogP contribution in [0.4, 0.5) is 0 Å². The van der Waals surface area contributed by atoms with E-state index in [0.717, 1.165) is 28.1 Å². The van der Waals surface area contributed by atoms with E-state index in [1.165, 1.54) is 11.8 Å². The summed E-state index contributed by atoms with van der Waals surface area (Å²) in [5.74, 6) is 1.36. The van der Waals surface area contributed by atoms with Crippen LogP contribution in [0.5, 0.6) is 5.75 Å². The average Bonchev–Trinajstić information content (AvgIpc) is 3.32. The molecule has 1 N–H and O–H groups in total. The van der Waals surface area contributed by atoms with Crippen LogP contribution in [0, 0.1) is 0 Å². The van der Waals surface area contributed by atoms with Crippen molar-refractivity contribution in [2.45, 2.75) is 12.1 Å². The van der Waals surface area contributed by atoms with E-state index in [4.69, 9.17) is 4.74 Å². The van der Waals surface area contributed by atoms with Crippen molar-refractivity contribution in [2.75, 3.05) is 12.9 Å². The van der Waals surface area contributed by atoms with Crippen molar-refractivity contribution in [1.82, 2.24) is 20.2 Å². The topological polar surface area (TPSA) is 81.4 Å². The van der Waals surface area contributed by atoms with Crippen molar-refractivity contribution in [3.8, 4) is 22.8 Å². The number of hydrogen-bond acceptors (Lipinski definition) is 6. The average molecular weight is 484 g/mol. The fraction of sp³-hybridized carbons (Fsp3) is 0.111. The molecular formula is C27H25N5O2S. The van der Waals surface area contributed by atoms with Gasteiger partial charge in [0.15, 0.2) is 11.0 Å². The van der Waals surface area contributed by atoms with Crippen LogP contribution in [0.2, 0.25) is 0 Å². The molecule has 8 heteroatoms. The first kappa shape index (κ1) is 24.0. The zero-order chi connectivity index (χ0) is 24.5. The molecule has 176 valence electrons. The van der Waals surface area contributed by atoms with Gasteiger partial charge in [0, 0.05) is 11.3 Å². The summed E-state index contributed by atoms with van der Waals surface area (Å²) in [7, 11) is 1.63. The Labute approximate surface area is 208 Å². The van der Waals surface area contributed by atoms with Crippen LogP contribution in [0.15, 0.2) is 101 Å². The molecular weight excluding hydrogens is 458 g/mol. The molecule has 4 rings (SSSR count). The lowest BCUT2D eigenvalue weighted by Gasteiger charge is -2.10. The number of thioether (sulfide) groups is 1. The van der Waals surface area contributed by atoms with Gasteiger partial charge in [-0.3, -0.25) is 9.36 Å². The molecule has 1 aromatic heterocycles. The minimum Gasteiger partial charge on any atom is -0.497 e. The third-order valence-corrected chi connectivity index (χ3v) is 5.91. The highest BCUT2D eigenvalue weighted by Gasteiger charge is 2.17. The highest BCUT2D eigenvalue weighted by molar-refractivity contribution is 7.99. The van der Waals surface area contributed by atoms with Gasteiger partial charge in [0.1, 0.15) is 5.75 Å². The second-order valence-electron chi connectivity index (χ2n) is 7.59. The number of benzene rings is 3. The number of ether oxygens (including phenoxy) is 1. The molecule has 0 atom stereocenters. The van der Waals surface area contributed by atoms with E-state index >= 15 is 0 Å². The van der Waals surface area contributed by atoms with Crippen molar-refractivity contribution in [1.29, 1.82) is 0 Å². The number of nitrogens with zero attached hydrogens (tertiary/aromatic N) is 4. The first-order valence-corrected chi connectivity index (χ1v) is 12.0. The fourth-order valence-electron chi connectivity index (χ4n) is 3.32. The molecule has 1 amide bonds. The van der Waals surface area contributed by atoms with Gasteiger partial charge in [-0.25, -0.2) is 5.43 Å². The summed E-state index contributed by atoms with van der Waals surface area (Å²) in [6.45, 7) is 1.93. The largest absolute Gasteiger partial charge is 0.497 e. The number of carbonyl (C=O) groups is 1. The van der Waals surface area contributed by atoms with Crippen molar-refractivity contribution in [3.05, 3.63) is 96.1 Å². The Morgan fingerprint density at radius 1 is 1.00 bits per heavy atom. The van der Waals surface area contributed by atoms with Gasteiger partial charge >= 0.3 is 0 Å². The molecule has 0 spiro atoms. The predicted octanol–water partition coefficient (Wildman–Crippen LogP) is 5.24. The number of hydrogen-bond donors (Lipinski definition) is 1. The van der Waals surface area contributed by atoms with Gasteiger partial charge in [-0.05, 0) is 54.5 Å². The second kappa shape index (κ2) is 11.8. The Balaban J connectivity index is 1.45. The highest BCUT2D eigenvalue weighted by Crippen LogP contribution is 2.28. The molecule has 0 unspecified atom stereocenters. The number of allylic oxidation sites excluding steroid dienone is 1. The van der Waals surface area contributed by atoms with Crippen LogP contribution >= 0.6 is 11.8 Å². The van der Waals surface area contributed by atoms with E-state index in [2.05, 4.69) is 20.7 Å². The number of nitrogens with one attached hydrogen (secondary N) is 1. The third-order valence-electron chi connectivity index (χ3n) is 4.98. The van der Waals surface area contributed by atoms with Crippen LogP contribution < -0.4 is 10.2 Å². The van der Waals surface area contributed by atoms with E-state index < -0.39 is 0 Å². The molecule has 0 aliphatic rings. The Morgan fingerprint density at radius 2 is 1.69 bits per heavy atom. The molecule has 35 heavy (non-hydrogen) atoms. The van der Waals surface area contributed by atoms with E-state index in [-0.39, 0.29) is 11.7 Å². The first-order valence-electron chi connectivity index (χ1n) is 11.0. The summed E-state index contributed by atoms with van der Waals surface area (Å²) in [5.41, 5.74) is 6.38. The lowest BCUT2D eigenvalue weighted by Crippen LogP contribution is -2.20. The fourth-order valence-corrected chi connectivity index (χ4v) is 4.06. The third kappa shape index (κ3) is 6.45. The molecule has 0 saturated carbocycles. The number of aromatic nitrogens is 3. The van der Waals surface area contributed by atoms with E-state index in [1.807, 2.05) is 102 Å². The maximum atomic E-state index is 12.4. The summed E-state index contributed by atoms with van der Waals surface area (Å²) >= 11 is 1.30. The summed E-state index contributed by atoms with van der Waals surface area (Å²) in [5, 5.41) is 13.4. The molecule has 0 fully saturated rings. The van der Waals surface area contributed by atoms with E-state index in [1.54, 1.807) is 13.3 Å². The Bertz CT molecular complexity index is 1320. The van der Waals surface area contributed by atoms with Gasteiger partial charge in [-0.2, -0.15) is 5.10 Å². The number of hydrazone groups is 1. The standard InChI is InChI=1S/C27H25N5O2S/c1-20(17-21-9-5-3-6-10-21)18-28-29-25(33)19-35-27-31-30-26(22-13-15-24(34-2)16-14-22)32(27)23-11-7-4-8-12-23/h3-18H,19H2,1-2H3,(H,29,33)/b20-17+,28-18-. The normalized spacial score (nSPS) is 11.5. The second-order valence-corrected chi connectivity index (χ2v) is 8.53. The molecule has 0 bridgehead atoms. The quantitative estimate of drug-likeness (QED) is 0.200. The minimum atomic E-state index is -0.229. The molecule has 3 aromatic carbocycles. The summed E-state index contributed by atoms with van der Waals surface area (Å²) in [4.78, 5) is 12.4. The Kier molecular flexibility index (Phi) is 8.08. The maximum Gasteiger partial charge on any atom is 0.250 e. The van der Waals surface area contributed by atoms with Gasteiger partial charge in [0.25, 0.3) is 5.91 Å². The number of amides is 1. The van der Waals surface area contributed by atoms with Gasteiger partial charge in [0.2, 0.25) is 0 Å². The monoisotopic (exact) mass is 483 g/mol. The summed E-state index contributed by atoms with van der Waals surface area (Å²) in [6.07, 6.45) is 3.62. The van der Waals surface area contributed by atoms with Crippen LogP contribution in [-0.4, -0.2) is 39.7 Å². The lowest BCUT2D eigenvalue weighted by atomic mass is 10.1. The smallest absolute Gasteiger partial charge is 0.250 e. The minimum absolute atomic E-state index is 0.145. The predicted molar refractivity (Wildman–Crippen MR) is 141 cm³/mol. The van der Waals surface area contributed by atoms with Gasteiger partial charge in [-0.15, -0.1) is 10.2 Å². The van der Waals surface area contributed by atoms with Crippen molar-refractivity contribution >= 4 is 30.0 Å². The van der Waals surface area contributed by atoms with Crippen LogP contribution in [0.3, 0.4) is 0 Å². The van der Waals surface area contributed by atoms with E-state index in [0.29, 0.717) is 11.0 Å². The number of rotatable bonds is 9. The van der Waals surface area contributed by atoms with Gasteiger partial charge < -0.3 is 4.74 Å². The molecule has 4 aromatic rings. The number of para-hydroxylation sites is 1. The first-order chi connectivity index (χ1) is 17.1. The molecule has 0 radical (unpaired) electrons. The van der Waals surface area contributed by atoms with Crippen molar-refractivity contribution in [3.63, 3.8) is 0 Å². The summed E-state index contributed by atoms with van der Waals surface area (Å²) < 4.78 is 7.20. The zero-order valence-electron chi connectivity index (χ0n) is 19.5. The van der Waals surface area contributed by atoms with Crippen LogP contribution in [-0.2, 0) is 4.79 Å². The zero-order valence-corrected chi connectivity index (χ0v) is 20.3. The van der Waals surface area contributed by atoms with Crippen molar-refractivity contribution in [2.24, 2.45) is 5.10 Å². The SMILES string of the molecule is COc1ccc(-c2nnc(SCC(=O)N/N=C\C(C)=C\c3ccccc3)n2-c2ccccc2)cc1. The Morgan fingerprint density at radius 3 is 2.37 bits per heavy atom.